The van der Waals surface area contributed by atoms with Crippen LogP contribution >= 0.6 is 0 Å². The molecule has 0 aliphatic rings. The molecule has 0 aliphatic carbocycles. The maximum atomic E-state index is 13.6. The van der Waals surface area contributed by atoms with E-state index < -0.39 is 6.04 Å². The molecule has 0 spiro atoms. The van der Waals surface area contributed by atoms with Crippen LogP contribution in [0, 0.1) is 6.92 Å². The minimum atomic E-state index is -0.700. The van der Waals surface area contributed by atoms with E-state index in [1.807, 2.05) is 87.5 Å². The van der Waals surface area contributed by atoms with Crippen LogP contribution in [0.25, 0.3) is 0 Å². The molecule has 0 bridgehead atoms. The van der Waals surface area contributed by atoms with Crippen molar-refractivity contribution in [2.24, 2.45) is 0 Å². The molecule has 6 heteroatoms. The minimum absolute atomic E-state index is 0.0541. The van der Waals surface area contributed by atoms with E-state index in [1.165, 1.54) is 0 Å². The van der Waals surface area contributed by atoms with Gasteiger partial charge in [0.15, 0.2) is 18.1 Å². The normalized spacial score (nSPS) is 11.6. The van der Waals surface area contributed by atoms with Crippen LogP contribution in [0.2, 0.25) is 0 Å². The molecule has 1 N–H and O–H groups in total. The first kappa shape index (κ1) is 25.8. The Morgan fingerprint density at radius 3 is 2.20 bits per heavy atom. The van der Waals surface area contributed by atoms with Crippen molar-refractivity contribution in [2.45, 2.75) is 45.8 Å². The maximum absolute atomic E-state index is 13.6. The lowest BCUT2D eigenvalue weighted by Gasteiger charge is -2.32. The number of nitrogens with zero attached hydrogens (tertiary/aromatic N) is 1. The topological polar surface area (TPSA) is 67.9 Å². The van der Waals surface area contributed by atoms with Gasteiger partial charge in [-0.15, -0.1) is 0 Å². The fraction of sp³-hybridized carbons (Fsp3) is 0.310. The standard InChI is InChI=1S/C29H34N2O4/c1-21(2)30-29(33)25(18-23-12-6-5-7-13-23)31(19-24-14-10-11-22(3)17-24)28(32)20-35-27-16-9-8-15-26(27)34-4/h5-17,21,25H,18-20H2,1-4H3,(H,30,33)/t25-/m0/s1. The van der Waals surface area contributed by atoms with Gasteiger partial charge in [0.25, 0.3) is 5.91 Å². The molecule has 6 nitrogen and oxygen atoms in total. The first-order chi connectivity index (χ1) is 16.9. The number of para-hydroxylation sites is 2. The van der Waals surface area contributed by atoms with E-state index in [2.05, 4.69) is 5.32 Å². The predicted molar refractivity (Wildman–Crippen MR) is 137 cm³/mol. The summed E-state index contributed by atoms with van der Waals surface area (Å²) >= 11 is 0. The van der Waals surface area contributed by atoms with Crippen molar-refractivity contribution in [3.63, 3.8) is 0 Å². The van der Waals surface area contributed by atoms with Crippen LogP contribution in [0.3, 0.4) is 0 Å². The fourth-order valence-corrected chi connectivity index (χ4v) is 3.90. The lowest BCUT2D eigenvalue weighted by atomic mass is 10.0. The summed E-state index contributed by atoms with van der Waals surface area (Å²) in [5, 5.41) is 2.99. The Balaban J connectivity index is 1.92. The van der Waals surface area contributed by atoms with E-state index in [0.717, 1.165) is 16.7 Å². The van der Waals surface area contributed by atoms with E-state index in [4.69, 9.17) is 9.47 Å². The van der Waals surface area contributed by atoms with Gasteiger partial charge >= 0.3 is 0 Å². The van der Waals surface area contributed by atoms with Crippen LogP contribution in [0.15, 0.2) is 78.9 Å². The van der Waals surface area contributed by atoms with Crippen molar-refractivity contribution in [1.82, 2.24) is 10.2 Å². The number of benzene rings is 3. The number of nitrogens with one attached hydrogen (secondary N) is 1. The van der Waals surface area contributed by atoms with Crippen LogP contribution in [0.1, 0.15) is 30.5 Å². The molecule has 3 aromatic rings. The summed E-state index contributed by atoms with van der Waals surface area (Å²) in [7, 11) is 1.56. The van der Waals surface area contributed by atoms with E-state index in [1.54, 1.807) is 24.1 Å². The van der Waals surface area contributed by atoms with Crippen molar-refractivity contribution in [3.05, 3.63) is 95.6 Å². The number of methoxy groups -OCH3 is 1. The van der Waals surface area contributed by atoms with Gasteiger partial charge in [-0.25, -0.2) is 0 Å². The van der Waals surface area contributed by atoms with E-state index in [-0.39, 0.29) is 24.5 Å². The summed E-state index contributed by atoms with van der Waals surface area (Å²) in [6.45, 7) is 5.91. The highest BCUT2D eigenvalue weighted by molar-refractivity contribution is 5.88. The summed E-state index contributed by atoms with van der Waals surface area (Å²) < 4.78 is 11.2. The number of hydrogen-bond acceptors (Lipinski definition) is 4. The van der Waals surface area contributed by atoms with Crippen molar-refractivity contribution in [1.29, 1.82) is 0 Å². The SMILES string of the molecule is COc1ccccc1OCC(=O)N(Cc1cccc(C)c1)[C@@H](Cc1ccccc1)C(=O)NC(C)C. The average molecular weight is 475 g/mol. The van der Waals surface area contributed by atoms with Crippen LogP contribution in [0.4, 0.5) is 0 Å². The van der Waals surface area contributed by atoms with Crippen molar-refractivity contribution in [3.8, 4) is 11.5 Å². The quantitative estimate of drug-likeness (QED) is 0.443. The van der Waals surface area contributed by atoms with Crippen LogP contribution < -0.4 is 14.8 Å². The average Bonchev–Trinajstić information content (AvgIpc) is 2.85. The third-order valence-electron chi connectivity index (χ3n) is 5.56. The van der Waals surface area contributed by atoms with Gasteiger partial charge < -0.3 is 19.7 Å². The smallest absolute Gasteiger partial charge is 0.261 e. The first-order valence-electron chi connectivity index (χ1n) is 11.8. The second-order valence-electron chi connectivity index (χ2n) is 8.82. The molecule has 0 aromatic heterocycles. The molecular weight excluding hydrogens is 440 g/mol. The summed E-state index contributed by atoms with van der Waals surface area (Å²) in [5.74, 6) is 0.549. The number of hydrogen-bond donors (Lipinski definition) is 1. The first-order valence-corrected chi connectivity index (χ1v) is 11.8. The number of carbonyl (C=O) groups excluding carboxylic acids is 2. The maximum Gasteiger partial charge on any atom is 0.261 e. The largest absolute Gasteiger partial charge is 0.493 e. The monoisotopic (exact) mass is 474 g/mol. The molecule has 3 rings (SSSR count). The van der Waals surface area contributed by atoms with Gasteiger partial charge in [0.05, 0.1) is 7.11 Å². The van der Waals surface area contributed by atoms with Gasteiger partial charge in [0.1, 0.15) is 6.04 Å². The molecule has 2 amide bonds. The second kappa shape index (κ2) is 12.6. The zero-order valence-electron chi connectivity index (χ0n) is 20.9. The lowest BCUT2D eigenvalue weighted by Crippen LogP contribution is -2.52. The predicted octanol–water partition coefficient (Wildman–Crippen LogP) is 4.55. The zero-order valence-corrected chi connectivity index (χ0v) is 20.9. The molecule has 0 aliphatic heterocycles. The van der Waals surface area contributed by atoms with Crippen molar-refractivity contribution in [2.75, 3.05) is 13.7 Å². The molecule has 0 radical (unpaired) electrons. The molecule has 0 unspecified atom stereocenters. The summed E-state index contributed by atoms with van der Waals surface area (Å²) in [5.41, 5.74) is 3.02. The van der Waals surface area contributed by atoms with Gasteiger partial charge in [-0.1, -0.05) is 72.3 Å². The highest BCUT2D eigenvalue weighted by atomic mass is 16.5. The van der Waals surface area contributed by atoms with Gasteiger partial charge in [0, 0.05) is 19.0 Å². The highest BCUT2D eigenvalue weighted by Crippen LogP contribution is 2.26. The molecule has 0 saturated carbocycles. The Kier molecular flexibility index (Phi) is 9.30. The Labute approximate surface area is 207 Å². The van der Waals surface area contributed by atoms with Gasteiger partial charge in [-0.3, -0.25) is 9.59 Å². The van der Waals surface area contributed by atoms with Gasteiger partial charge in [0.2, 0.25) is 5.91 Å². The van der Waals surface area contributed by atoms with Crippen LogP contribution in [-0.4, -0.2) is 42.5 Å². The van der Waals surface area contributed by atoms with Gasteiger partial charge in [-0.05, 0) is 44.0 Å². The van der Waals surface area contributed by atoms with Crippen molar-refractivity contribution < 1.29 is 19.1 Å². The Hall–Kier alpha value is -3.80. The molecule has 1 atom stereocenters. The van der Waals surface area contributed by atoms with Crippen LogP contribution in [0.5, 0.6) is 11.5 Å². The highest BCUT2D eigenvalue weighted by Gasteiger charge is 2.31. The number of aryl methyl sites for hydroxylation is 1. The number of rotatable bonds is 11. The lowest BCUT2D eigenvalue weighted by molar-refractivity contribution is -0.143. The minimum Gasteiger partial charge on any atom is -0.493 e. The zero-order chi connectivity index (χ0) is 25.2. The molecule has 184 valence electrons. The Morgan fingerprint density at radius 2 is 1.54 bits per heavy atom. The molecular formula is C29H34N2O4. The molecule has 0 heterocycles. The Bertz CT molecular complexity index is 1110. The summed E-state index contributed by atoms with van der Waals surface area (Å²) in [6.07, 6.45) is 0.394. The summed E-state index contributed by atoms with van der Waals surface area (Å²) in [4.78, 5) is 28.6. The molecule has 0 saturated heterocycles. The van der Waals surface area contributed by atoms with Crippen LogP contribution in [-0.2, 0) is 22.6 Å². The Morgan fingerprint density at radius 1 is 0.886 bits per heavy atom. The molecule has 3 aromatic carbocycles. The van der Waals surface area contributed by atoms with Crippen molar-refractivity contribution >= 4 is 11.8 Å². The molecule has 35 heavy (non-hydrogen) atoms. The number of carbonyl (C=O) groups is 2. The number of ether oxygens (including phenoxy) is 2. The van der Waals surface area contributed by atoms with E-state index >= 15 is 0 Å². The third kappa shape index (κ3) is 7.60. The fourth-order valence-electron chi connectivity index (χ4n) is 3.90. The molecule has 0 fully saturated rings. The number of amides is 2. The van der Waals surface area contributed by atoms with Gasteiger partial charge in [-0.2, -0.15) is 0 Å². The van der Waals surface area contributed by atoms with E-state index in [9.17, 15) is 9.59 Å². The second-order valence-corrected chi connectivity index (χ2v) is 8.82. The van der Waals surface area contributed by atoms with E-state index in [0.29, 0.717) is 24.5 Å². The summed E-state index contributed by atoms with van der Waals surface area (Å²) in [6, 6.07) is 24.1. The third-order valence-corrected chi connectivity index (χ3v) is 5.56.